The van der Waals surface area contributed by atoms with Gasteiger partial charge in [0.2, 0.25) is 5.56 Å². The predicted molar refractivity (Wildman–Crippen MR) is 89.6 cm³/mol. The fourth-order valence-corrected chi connectivity index (χ4v) is 3.11. The normalized spacial score (nSPS) is 19.5. The number of rotatable bonds is 3. The number of fused-ring (bicyclic) bond motifs is 1. The van der Waals surface area contributed by atoms with Gasteiger partial charge in [0.1, 0.15) is 0 Å². The van der Waals surface area contributed by atoms with E-state index in [2.05, 4.69) is 40.6 Å². The number of aromatic amines is 1. The summed E-state index contributed by atoms with van der Waals surface area (Å²) in [6, 6.07) is 17.7. The van der Waals surface area contributed by atoms with E-state index in [0.717, 1.165) is 6.42 Å². The van der Waals surface area contributed by atoms with Crippen molar-refractivity contribution in [1.82, 2.24) is 10.3 Å². The van der Waals surface area contributed by atoms with Crippen molar-refractivity contribution in [2.75, 3.05) is 0 Å². The summed E-state index contributed by atoms with van der Waals surface area (Å²) in [4.78, 5) is 26.0. The Morgan fingerprint density at radius 1 is 1.09 bits per heavy atom. The Labute approximate surface area is 133 Å². The summed E-state index contributed by atoms with van der Waals surface area (Å²) in [5.74, 6) is 0.149. The number of H-pyrrole nitrogens is 1. The van der Waals surface area contributed by atoms with Crippen molar-refractivity contribution in [3.8, 4) is 0 Å². The highest BCUT2D eigenvalue weighted by molar-refractivity contribution is 5.94. The molecule has 4 heteroatoms. The third-order valence-electron chi connectivity index (χ3n) is 4.37. The van der Waals surface area contributed by atoms with Crippen molar-refractivity contribution < 1.29 is 4.79 Å². The van der Waals surface area contributed by atoms with Crippen LogP contribution in [0.2, 0.25) is 0 Å². The van der Waals surface area contributed by atoms with Gasteiger partial charge in [0.15, 0.2) is 0 Å². The zero-order valence-electron chi connectivity index (χ0n) is 12.5. The molecule has 114 valence electrons. The Bertz CT molecular complexity index is 940. The highest BCUT2D eigenvalue weighted by Crippen LogP contribution is 2.43. The fourth-order valence-electron chi connectivity index (χ4n) is 3.11. The lowest BCUT2D eigenvalue weighted by Gasteiger charge is -2.07. The fraction of sp³-hybridized carbons (Fsp3) is 0.158. The van der Waals surface area contributed by atoms with E-state index in [1.807, 2.05) is 12.1 Å². The van der Waals surface area contributed by atoms with Crippen LogP contribution >= 0.6 is 0 Å². The average Bonchev–Trinajstić information content (AvgIpc) is 3.33. The van der Waals surface area contributed by atoms with E-state index in [0.29, 0.717) is 11.5 Å². The summed E-state index contributed by atoms with van der Waals surface area (Å²) < 4.78 is 0. The van der Waals surface area contributed by atoms with Gasteiger partial charge in [-0.15, -0.1) is 0 Å². The molecule has 0 bridgehead atoms. The molecule has 1 aliphatic rings. The molecule has 2 aromatic carbocycles. The number of benzene rings is 2. The standard InChI is InChI=1S/C19H16N2O2/c22-18-10-13(8-9-20-18)19(23)21-17-11-16(17)15-7-3-5-12-4-1-2-6-14(12)15/h1-10,16-17H,11H2,(H,20,22)(H,21,23)/t16-,17+/m0/s1. The van der Waals surface area contributed by atoms with Crippen LogP contribution in [0.15, 0.2) is 65.6 Å². The lowest BCUT2D eigenvalue weighted by Crippen LogP contribution is -2.27. The minimum Gasteiger partial charge on any atom is -0.349 e. The Morgan fingerprint density at radius 2 is 1.91 bits per heavy atom. The molecule has 0 saturated heterocycles. The van der Waals surface area contributed by atoms with E-state index >= 15 is 0 Å². The lowest BCUT2D eigenvalue weighted by atomic mass is 10.0. The van der Waals surface area contributed by atoms with Crippen LogP contribution < -0.4 is 10.9 Å². The first-order valence-electron chi connectivity index (χ1n) is 7.69. The van der Waals surface area contributed by atoms with Crippen LogP contribution in [0, 0.1) is 0 Å². The van der Waals surface area contributed by atoms with Gasteiger partial charge in [-0.1, -0.05) is 42.5 Å². The van der Waals surface area contributed by atoms with Gasteiger partial charge in [0.25, 0.3) is 5.91 Å². The summed E-state index contributed by atoms with van der Waals surface area (Å²) >= 11 is 0. The zero-order valence-corrected chi connectivity index (χ0v) is 12.5. The number of amides is 1. The first kappa shape index (κ1) is 13.8. The highest BCUT2D eigenvalue weighted by Gasteiger charge is 2.40. The van der Waals surface area contributed by atoms with Crippen LogP contribution in [0.3, 0.4) is 0 Å². The molecule has 2 N–H and O–H groups in total. The maximum Gasteiger partial charge on any atom is 0.251 e. The molecule has 0 aliphatic heterocycles. The van der Waals surface area contributed by atoms with Crippen molar-refractivity contribution >= 4 is 16.7 Å². The van der Waals surface area contributed by atoms with Crippen molar-refractivity contribution in [3.63, 3.8) is 0 Å². The minimum absolute atomic E-state index is 0.132. The molecule has 1 fully saturated rings. The zero-order chi connectivity index (χ0) is 15.8. The number of hydrogen-bond donors (Lipinski definition) is 2. The molecular weight excluding hydrogens is 288 g/mol. The number of carbonyl (C=O) groups is 1. The van der Waals surface area contributed by atoms with Gasteiger partial charge in [-0.2, -0.15) is 0 Å². The van der Waals surface area contributed by atoms with Crippen molar-refractivity contribution in [3.05, 3.63) is 82.3 Å². The Hall–Kier alpha value is -2.88. The third-order valence-corrected chi connectivity index (χ3v) is 4.37. The Kier molecular flexibility index (Phi) is 3.23. The topological polar surface area (TPSA) is 62.0 Å². The first-order chi connectivity index (χ1) is 11.2. The summed E-state index contributed by atoms with van der Waals surface area (Å²) in [7, 11) is 0. The Balaban J connectivity index is 1.54. The molecular formula is C19H16N2O2. The number of hydrogen-bond acceptors (Lipinski definition) is 2. The van der Waals surface area contributed by atoms with Gasteiger partial charge < -0.3 is 10.3 Å². The van der Waals surface area contributed by atoms with Crippen molar-refractivity contribution in [2.24, 2.45) is 0 Å². The highest BCUT2D eigenvalue weighted by atomic mass is 16.2. The average molecular weight is 304 g/mol. The first-order valence-corrected chi connectivity index (χ1v) is 7.69. The molecule has 3 aromatic rings. The summed E-state index contributed by atoms with van der Waals surface area (Å²) in [6.45, 7) is 0. The number of aromatic nitrogens is 1. The van der Waals surface area contributed by atoms with Crippen LogP contribution in [-0.4, -0.2) is 16.9 Å². The largest absolute Gasteiger partial charge is 0.349 e. The van der Waals surface area contributed by atoms with E-state index in [1.165, 1.54) is 28.6 Å². The van der Waals surface area contributed by atoms with Crippen LogP contribution in [0.5, 0.6) is 0 Å². The molecule has 0 radical (unpaired) electrons. The van der Waals surface area contributed by atoms with Gasteiger partial charge in [-0.25, -0.2) is 0 Å². The van der Waals surface area contributed by atoms with Crippen molar-refractivity contribution in [2.45, 2.75) is 18.4 Å². The second-order valence-electron chi connectivity index (χ2n) is 5.93. The van der Waals surface area contributed by atoms with Gasteiger partial charge in [0, 0.05) is 29.8 Å². The molecule has 0 unspecified atom stereocenters. The summed E-state index contributed by atoms with van der Waals surface area (Å²) in [6.07, 6.45) is 2.43. The molecule has 4 nitrogen and oxygen atoms in total. The van der Waals surface area contributed by atoms with Crippen LogP contribution in [0.1, 0.15) is 28.3 Å². The molecule has 1 aliphatic carbocycles. The van der Waals surface area contributed by atoms with Gasteiger partial charge in [0.05, 0.1) is 0 Å². The van der Waals surface area contributed by atoms with E-state index in [4.69, 9.17) is 0 Å². The third kappa shape index (κ3) is 2.63. The van der Waals surface area contributed by atoms with E-state index < -0.39 is 0 Å². The summed E-state index contributed by atoms with van der Waals surface area (Å²) in [5.41, 5.74) is 1.41. The molecule has 1 saturated carbocycles. The summed E-state index contributed by atoms with van der Waals surface area (Å²) in [5, 5.41) is 5.48. The van der Waals surface area contributed by atoms with Gasteiger partial charge in [-0.05, 0) is 28.8 Å². The smallest absolute Gasteiger partial charge is 0.251 e. The second kappa shape index (κ2) is 5.39. The molecule has 23 heavy (non-hydrogen) atoms. The lowest BCUT2D eigenvalue weighted by molar-refractivity contribution is 0.0950. The quantitative estimate of drug-likeness (QED) is 0.781. The second-order valence-corrected chi connectivity index (χ2v) is 5.93. The molecule has 4 rings (SSSR count). The van der Waals surface area contributed by atoms with Crippen molar-refractivity contribution in [1.29, 1.82) is 0 Å². The number of carbonyl (C=O) groups excluding carboxylic acids is 1. The monoisotopic (exact) mass is 304 g/mol. The van der Waals surface area contributed by atoms with E-state index in [9.17, 15) is 9.59 Å². The Morgan fingerprint density at radius 3 is 2.78 bits per heavy atom. The molecule has 1 aromatic heterocycles. The van der Waals surface area contributed by atoms with Gasteiger partial charge >= 0.3 is 0 Å². The number of nitrogens with one attached hydrogen (secondary N) is 2. The van der Waals surface area contributed by atoms with Crippen LogP contribution in [0.25, 0.3) is 10.8 Å². The predicted octanol–water partition coefficient (Wildman–Crippen LogP) is 2.81. The maximum atomic E-state index is 12.2. The SMILES string of the molecule is O=C(N[C@@H]1C[C@H]1c1cccc2ccccc12)c1cc[nH]c(=O)c1. The maximum absolute atomic E-state index is 12.2. The van der Waals surface area contributed by atoms with Crippen LogP contribution in [0.4, 0.5) is 0 Å². The number of pyridine rings is 1. The van der Waals surface area contributed by atoms with E-state index in [-0.39, 0.29) is 17.5 Å². The molecule has 1 heterocycles. The molecule has 1 amide bonds. The molecule has 2 atom stereocenters. The molecule has 0 spiro atoms. The van der Waals surface area contributed by atoms with Crippen LogP contribution in [-0.2, 0) is 0 Å². The van der Waals surface area contributed by atoms with Gasteiger partial charge in [-0.3, -0.25) is 9.59 Å². The minimum atomic E-state index is -0.265. The van der Waals surface area contributed by atoms with E-state index in [1.54, 1.807) is 6.07 Å².